The van der Waals surface area contributed by atoms with Crippen molar-refractivity contribution in [3.63, 3.8) is 0 Å². The molecule has 0 aromatic carbocycles. The highest BCUT2D eigenvalue weighted by molar-refractivity contribution is 5.23. The Balaban J connectivity index is 2.31. The van der Waals surface area contributed by atoms with Gasteiger partial charge in [-0.1, -0.05) is 19.9 Å². The van der Waals surface area contributed by atoms with E-state index in [0.29, 0.717) is 6.61 Å². The van der Waals surface area contributed by atoms with Gasteiger partial charge in [0.05, 0.1) is 12.7 Å². The molecule has 0 bridgehead atoms. The molecule has 20 heavy (non-hydrogen) atoms. The Hall–Kier alpha value is -1.66. The maximum Gasteiger partial charge on any atom is 0.351 e. The number of hydrogen-bond donors (Lipinski definition) is 1. The first kappa shape index (κ1) is 14.7. The van der Waals surface area contributed by atoms with E-state index >= 15 is 0 Å². The van der Waals surface area contributed by atoms with E-state index in [1.807, 2.05) is 0 Å². The van der Waals surface area contributed by atoms with Crippen molar-refractivity contribution >= 4 is 5.82 Å². The number of nitrogens with zero attached hydrogens (tertiary/aromatic N) is 2. The van der Waals surface area contributed by atoms with Crippen LogP contribution in [-0.2, 0) is 9.47 Å². The van der Waals surface area contributed by atoms with Crippen LogP contribution in [0.15, 0.2) is 29.7 Å². The van der Waals surface area contributed by atoms with Crippen LogP contribution in [0.25, 0.3) is 0 Å². The molecule has 1 aliphatic rings. The zero-order chi connectivity index (χ0) is 14.7. The minimum Gasteiger partial charge on any atom is -0.383 e. The Kier molecular flexibility index (Phi) is 4.57. The Morgan fingerprint density at radius 3 is 3.00 bits per heavy atom. The number of hydrogen-bond acceptors (Lipinski definition) is 5. The van der Waals surface area contributed by atoms with Crippen LogP contribution < -0.4 is 11.4 Å². The van der Waals surface area contributed by atoms with Gasteiger partial charge >= 0.3 is 5.69 Å². The highest BCUT2D eigenvalue weighted by Gasteiger charge is 2.43. The second-order valence-corrected chi connectivity index (χ2v) is 4.96. The van der Waals surface area contributed by atoms with Gasteiger partial charge in [0, 0.05) is 12.1 Å². The molecule has 1 aromatic rings. The summed E-state index contributed by atoms with van der Waals surface area (Å²) in [5.41, 5.74) is 5.09. The highest BCUT2D eigenvalue weighted by Crippen LogP contribution is 2.36. The molecule has 0 unspecified atom stereocenters. The maximum absolute atomic E-state index is 12.0. The third-order valence-corrected chi connectivity index (χ3v) is 3.63. The van der Waals surface area contributed by atoms with Crippen LogP contribution in [0.5, 0.6) is 0 Å². The van der Waals surface area contributed by atoms with E-state index in [4.69, 9.17) is 15.2 Å². The molecule has 6 heteroatoms. The average molecular weight is 279 g/mol. The first-order chi connectivity index (χ1) is 9.58. The van der Waals surface area contributed by atoms with Crippen molar-refractivity contribution < 1.29 is 9.47 Å². The monoisotopic (exact) mass is 279 g/mol. The summed E-state index contributed by atoms with van der Waals surface area (Å²) in [7, 11) is 0. The lowest BCUT2D eigenvalue weighted by atomic mass is 9.98. The summed E-state index contributed by atoms with van der Waals surface area (Å²) in [4.78, 5) is 15.7. The van der Waals surface area contributed by atoms with Gasteiger partial charge in [-0.3, -0.25) is 4.57 Å². The summed E-state index contributed by atoms with van der Waals surface area (Å²) in [5.74, 6) is 0.391. The topological polar surface area (TPSA) is 79.4 Å². The third kappa shape index (κ3) is 2.76. The van der Waals surface area contributed by atoms with Crippen molar-refractivity contribution in [2.24, 2.45) is 5.92 Å². The standard InChI is InChI=1S/C14H21N3O3/c1-4-8-19-12-9(3)10(5-2)20-13(12)17-7-6-11(15)16-14(17)18/h4,6-7,9-10,12-13H,1,5,8H2,2-3H3,(H2,15,16,18)/t9-,10-,12-,13-/m1/s1. The Labute approximate surface area is 118 Å². The molecular formula is C14H21N3O3. The number of anilines is 1. The smallest absolute Gasteiger partial charge is 0.351 e. The SMILES string of the molecule is C=CCO[C@@H]1[C@H](C)[C@@H](CC)O[C@H]1n1ccc(N)nc1=O. The van der Waals surface area contributed by atoms with Crippen molar-refractivity contribution in [1.82, 2.24) is 9.55 Å². The first-order valence-corrected chi connectivity index (χ1v) is 6.81. The van der Waals surface area contributed by atoms with E-state index < -0.39 is 11.9 Å². The second-order valence-electron chi connectivity index (χ2n) is 4.96. The quantitative estimate of drug-likeness (QED) is 0.823. The van der Waals surface area contributed by atoms with Gasteiger partial charge in [-0.15, -0.1) is 6.58 Å². The molecule has 0 spiro atoms. The molecule has 1 fully saturated rings. The highest BCUT2D eigenvalue weighted by atomic mass is 16.6. The third-order valence-electron chi connectivity index (χ3n) is 3.63. The van der Waals surface area contributed by atoms with E-state index in [-0.39, 0.29) is 23.9 Å². The van der Waals surface area contributed by atoms with Crippen molar-refractivity contribution in [1.29, 1.82) is 0 Å². The van der Waals surface area contributed by atoms with E-state index in [9.17, 15) is 4.79 Å². The molecule has 6 nitrogen and oxygen atoms in total. The predicted molar refractivity (Wildman–Crippen MR) is 76.2 cm³/mol. The van der Waals surface area contributed by atoms with Crippen molar-refractivity contribution in [3.05, 3.63) is 35.4 Å². The van der Waals surface area contributed by atoms with E-state index in [1.165, 1.54) is 4.57 Å². The van der Waals surface area contributed by atoms with Gasteiger partial charge in [0.1, 0.15) is 11.9 Å². The summed E-state index contributed by atoms with van der Waals surface area (Å²) in [6, 6.07) is 1.58. The number of rotatable bonds is 5. The van der Waals surface area contributed by atoms with Gasteiger partial charge < -0.3 is 15.2 Å². The molecule has 110 valence electrons. The summed E-state index contributed by atoms with van der Waals surface area (Å²) < 4.78 is 13.2. The van der Waals surface area contributed by atoms with Gasteiger partial charge in [0.2, 0.25) is 0 Å². The summed E-state index contributed by atoms with van der Waals surface area (Å²) in [6.45, 7) is 8.19. The number of nitrogens with two attached hydrogens (primary N) is 1. The van der Waals surface area contributed by atoms with Crippen LogP contribution in [0.2, 0.25) is 0 Å². The zero-order valence-electron chi connectivity index (χ0n) is 11.9. The van der Waals surface area contributed by atoms with Gasteiger partial charge in [-0.05, 0) is 12.5 Å². The zero-order valence-corrected chi connectivity index (χ0v) is 11.9. The molecule has 2 rings (SSSR count). The van der Waals surface area contributed by atoms with Crippen LogP contribution in [0.3, 0.4) is 0 Å². The van der Waals surface area contributed by atoms with Crippen molar-refractivity contribution in [2.45, 2.75) is 38.7 Å². The Morgan fingerprint density at radius 2 is 2.40 bits per heavy atom. The molecule has 0 amide bonds. The largest absolute Gasteiger partial charge is 0.383 e. The molecule has 1 aliphatic heterocycles. The molecule has 2 heterocycles. The van der Waals surface area contributed by atoms with Crippen molar-refractivity contribution in [3.8, 4) is 0 Å². The second kappa shape index (κ2) is 6.19. The molecule has 4 atom stereocenters. The van der Waals surface area contributed by atoms with Crippen LogP contribution >= 0.6 is 0 Å². The summed E-state index contributed by atoms with van der Waals surface area (Å²) in [6.07, 6.45) is 3.52. The lowest BCUT2D eigenvalue weighted by molar-refractivity contribution is -0.0603. The average Bonchev–Trinajstić information content (AvgIpc) is 2.73. The first-order valence-electron chi connectivity index (χ1n) is 6.81. The fourth-order valence-electron chi connectivity index (χ4n) is 2.58. The van der Waals surface area contributed by atoms with E-state index in [2.05, 4.69) is 25.4 Å². The van der Waals surface area contributed by atoms with Gasteiger partial charge in [-0.2, -0.15) is 4.98 Å². The van der Waals surface area contributed by atoms with Crippen LogP contribution in [0.4, 0.5) is 5.82 Å². The van der Waals surface area contributed by atoms with E-state index in [1.54, 1.807) is 18.3 Å². The molecular weight excluding hydrogens is 258 g/mol. The van der Waals surface area contributed by atoms with E-state index in [0.717, 1.165) is 6.42 Å². The van der Waals surface area contributed by atoms with Gasteiger partial charge in [0.25, 0.3) is 0 Å². The molecule has 0 radical (unpaired) electrons. The summed E-state index contributed by atoms with van der Waals surface area (Å²) in [5, 5.41) is 0. The molecule has 1 saturated heterocycles. The lowest BCUT2D eigenvalue weighted by Crippen LogP contribution is -2.34. The van der Waals surface area contributed by atoms with Gasteiger partial charge in [0.15, 0.2) is 6.23 Å². The summed E-state index contributed by atoms with van der Waals surface area (Å²) >= 11 is 0. The Morgan fingerprint density at radius 1 is 1.65 bits per heavy atom. The molecule has 1 aromatic heterocycles. The van der Waals surface area contributed by atoms with Gasteiger partial charge in [-0.25, -0.2) is 4.79 Å². The Bertz CT molecular complexity index is 529. The molecule has 0 saturated carbocycles. The maximum atomic E-state index is 12.0. The fourth-order valence-corrected chi connectivity index (χ4v) is 2.58. The minimum atomic E-state index is -0.476. The minimum absolute atomic E-state index is 0.0549. The fraction of sp³-hybridized carbons (Fsp3) is 0.571. The van der Waals surface area contributed by atoms with Crippen LogP contribution in [-0.4, -0.2) is 28.4 Å². The van der Waals surface area contributed by atoms with Crippen LogP contribution in [0, 0.1) is 5.92 Å². The normalized spacial score (nSPS) is 29.5. The number of aromatic nitrogens is 2. The van der Waals surface area contributed by atoms with Crippen LogP contribution in [0.1, 0.15) is 26.5 Å². The van der Waals surface area contributed by atoms with Crippen molar-refractivity contribution in [2.75, 3.05) is 12.3 Å². The molecule has 2 N–H and O–H groups in total. The lowest BCUT2D eigenvalue weighted by Gasteiger charge is -2.22. The number of nitrogen functional groups attached to an aromatic ring is 1. The predicted octanol–water partition coefficient (Wildman–Crippen LogP) is 1.34. The number of ether oxygens (including phenoxy) is 2. The molecule has 0 aliphatic carbocycles.